The largest absolute Gasteiger partial charge is 0.381 e. The number of nitrogens with one attached hydrogen (secondary N) is 2. The average Bonchev–Trinajstić information content (AvgIpc) is 3.25. The van der Waals surface area contributed by atoms with Crippen molar-refractivity contribution in [2.24, 2.45) is 0 Å². The summed E-state index contributed by atoms with van der Waals surface area (Å²) in [6.45, 7) is 1.59. The molecule has 2 amide bonds. The first-order valence-electron chi connectivity index (χ1n) is 12.2. The highest BCUT2D eigenvalue weighted by Gasteiger charge is 2.37. The first-order chi connectivity index (χ1) is 17.8. The molecule has 4 N–H and O–H groups in total. The van der Waals surface area contributed by atoms with E-state index in [1.54, 1.807) is 18.2 Å². The normalized spacial score (nSPS) is 16.9. The van der Waals surface area contributed by atoms with Crippen molar-refractivity contribution < 1.29 is 33.7 Å². The number of ether oxygens (including phenoxy) is 1. The molecule has 37 heavy (non-hydrogen) atoms. The van der Waals surface area contributed by atoms with Crippen molar-refractivity contribution in [3.8, 4) is 0 Å². The van der Waals surface area contributed by atoms with Crippen molar-refractivity contribution in [1.82, 2.24) is 15.1 Å². The molecule has 0 aliphatic carbocycles. The zero-order valence-corrected chi connectivity index (χ0v) is 20.6. The van der Waals surface area contributed by atoms with E-state index in [0.717, 1.165) is 12.4 Å². The molecule has 11 heteroatoms. The van der Waals surface area contributed by atoms with E-state index in [9.17, 15) is 29.0 Å². The van der Waals surface area contributed by atoms with Gasteiger partial charge in [-0.3, -0.25) is 9.59 Å². The second-order valence-electron chi connectivity index (χ2n) is 9.03. The number of likely N-dealkylation sites (N-methyl/N-ethyl adjacent to an activating group) is 1. The number of halogens is 1. The Morgan fingerprint density at radius 3 is 2.68 bits per heavy atom. The van der Waals surface area contributed by atoms with Gasteiger partial charge in [0, 0.05) is 67.6 Å². The van der Waals surface area contributed by atoms with Crippen LogP contribution >= 0.6 is 0 Å². The molecule has 4 rings (SSSR count). The number of aldehydes is 1. The van der Waals surface area contributed by atoms with Crippen LogP contribution in [0.5, 0.6) is 0 Å². The lowest BCUT2D eigenvalue weighted by Crippen LogP contribution is -2.51. The third-order valence-electron chi connectivity index (χ3n) is 6.84. The Morgan fingerprint density at radius 1 is 1.24 bits per heavy atom. The van der Waals surface area contributed by atoms with Gasteiger partial charge >= 0.3 is 0 Å². The van der Waals surface area contributed by atoms with Gasteiger partial charge in [-0.2, -0.15) is 0 Å². The van der Waals surface area contributed by atoms with Gasteiger partial charge in [-0.25, -0.2) is 9.29 Å². The lowest BCUT2D eigenvalue weighted by Gasteiger charge is -2.37. The minimum Gasteiger partial charge on any atom is -0.381 e. The van der Waals surface area contributed by atoms with Gasteiger partial charge in [0.05, 0.1) is 13.2 Å². The fourth-order valence-corrected chi connectivity index (χ4v) is 4.74. The quantitative estimate of drug-likeness (QED) is 0.272. The Labute approximate surface area is 214 Å². The molecule has 2 aromatic carbocycles. The second-order valence-corrected chi connectivity index (χ2v) is 9.03. The Hall–Kier alpha value is -3.38. The third-order valence-corrected chi connectivity index (χ3v) is 6.84. The van der Waals surface area contributed by atoms with Gasteiger partial charge in [0.2, 0.25) is 5.91 Å². The Morgan fingerprint density at radius 2 is 2.00 bits per heavy atom. The minimum atomic E-state index is -2.31. The van der Waals surface area contributed by atoms with Crippen molar-refractivity contribution in [1.29, 1.82) is 0 Å². The van der Waals surface area contributed by atoms with Gasteiger partial charge in [-0.05, 0) is 24.6 Å². The molecular weight excluding hydrogens is 483 g/mol. The molecule has 2 heterocycles. The van der Waals surface area contributed by atoms with Gasteiger partial charge < -0.3 is 35.3 Å². The summed E-state index contributed by atoms with van der Waals surface area (Å²) in [5.74, 6) is -3.57. The molecule has 1 unspecified atom stereocenters. The van der Waals surface area contributed by atoms with E-state index in [-0.39, 0.29) is 43.3 Å². The van der Waals surface area contributed by atoms with Crippen LogP contribution in [0, 0.1) is 5.82 Å². The zero-order chi connectivity index (χ0) is 26.6. The standard InChI is InChI=1S/C26H31FN4O6/c1-28-24(33)23(6-3-11-32)31-16-20-19(25(31)34)4-2-5-22(20)29-15-17-7-8-18(14-21(17)27)26(35,36)30-9-12-37-13-10-30/h2,4-5,7-8,11,14,23,29,35-36H,3,6,9-10,12-13,15-16H2,1H3,(H,28,33). The number of nitrogens with zero attached hydrogens (tertiary/aromatic N) is 2. The van der Waals surface area contributed by atoms with Crippen LogP contribution in [0.1, 0.15) is 39.9 Å². The Bertz CT molecular complexity index is 1170. The molecular formula is C26H31FN4O6. The van der Waals surface area contributed by atoms with Gasteiger partial charge in [0.1, 0.15) is 18.1 Å². The summed E-state index contributed by atoms with van der Waals surface area (Å²) in [7, 11) is 1.48. The maximum atomic E-state index is 15.0. The van der Waals surface area contributed by atoms with Crippen LogP contribution in [0.2, 0.25) is 0 Å². The molecule has 0 saturated carbocycles. The van der Waals surface area contributed by atoms with Crippen LogP contribution in [0.15, 0.2) is 36.4 Å². The SMILES string of the molecule is CNC(=O)C(CCC=O)N1Cc2c(NCc3ccc(C(O)(O)N4CCOCC4)cc3F)cccc2C1=O. The lowest BCUT2D eigenvalue weighted by molar-refractivity contribution is -0.287. The topological polar surface area (TPSA) is 131 Å². The van der Waals surface area contributed by atoms with Crippen molar-refractivity contribution >= 4 is 23.8 Å². The number of carbonyl (C=O) groups is 3. The fraction of sp³-hybridized carbons (Fsp3) is 0.423. The Balaban J connectivity index is 1.49. The number of amides is 2. The smallest absolute Gasteiger partial charge is 0.255 e. The summed E-state index contributed by atoms with van der Waals surface area (Å²) in [5.41, 5.74) is 2.07. The molecule has 1 fully saturated rings. The molecule has 2 aromatic rings. The van der Waals surface area contributed by atoms with E-state index < -0.39 is 17.8 Å². The van der Waals surface area contributed by atoms with E-state index in [1.165, 1.54) is 29.0 Å². The summed E-state index contributed by atoms with van der Waals surface area (Å²) < 4.78 is 20.2. The van der Waals surface area contributed by atoms with Gasteiger partial charge in [-0.1, -0.05) is 18.2 Å². The lowest BCUT2D eigenvalue weighted by atomic mass is 10.1. The van der Waals surface area contributed by atoms with Crippen LogP contribution < -0.4 is 10.6 Å². The summed E-state index contributed by atoms with van der Waals surface area (Å²) in [6, 6.07) is 8.43. The molecule has 1 atom stereocenters. The van der Waals surface area contributed by atoms with Crippen LogP contribution in [-0.4, -0.2) is 77.5 Å². The molecule has 0 bridgehead atoms. The number of hydrogen-bond donors (Lipinski definition) is 4. The van der Waals surface area contributed by atoms with Crippen molar-refractivity contribution in [3.05, 3.63) is 64.5 Å². The minimum absolute atomic E-state index is 0.0214. The number of benzene rings is 2. The van der Waals surface area contributed by atoms with Crippen LogP contribution in [0.3, 0.4) is 0 Å². The van der Waals surface area contributed by atoms with Crippen LogP contribution in [-0.2, 0) is 33.3 Å². The average molecular weight is 515 g/mol. The number of rotatable bonds is 10. The van der Waals surface area contributed by atoms with Crippen molar-refractivity contribution in [2.45, 2.75) is 37.9 Å². The molecule has 198 valence electrons. The van der Waals surface area contributed by atoms with Crippen molar-refractivity contribution in [2.75, 3.05) is 38.7 Å². The van der Waals surface area contributed by atoms with Gasteiger partial charge in [0.15, 0.2) is 0 Å². The monoisotopic (exact) mass is 514 g/mol. The zero-order valence-electron chi connectivity index (χ0n) is 20.6. The van der Waals surface area contributed by atoms with Crippen molar-refractivity contribution in [3.63, 3.8) is 0 Å². The molecule has 0 radical (unpaired) electrons. The highest BCUT2D eigenvalue weighted by Crippen LogP contribution is 2.32. The van der Waals surface area contributed by atoms with E-state index in [1.807, 2.05) is 0 Å². The maximum absolute atomic E-state index is 15.0. The molecule has 0 spiro atoms. The predicted molar refractivity (Wildman–Crippen MR) is 132 cm³/mol. The van der Waals surface area contributed by atoms with E-state index in [4.69, 9.17) is 4.74 Å². The molecule has 1 saturated heterocycles. The first-order valence-corrected chi connectivity index (χ1v) is 12.2. The van der Waals surface area contributed by atoms with E-state index in [2.05, 4.69) is 10.6 Å². The number of morpholine rings is 1. The fourth-order valence-electron chi connectivity index (χ4n) is 4.74. The first kappa shape index (κ1) is 26.7. The number of carbonyl (C=O) groups excluding carboxylic acids is 3. The Kier molecular flexibility index (Phi) is 8.18. The second kappa shape index (κ2) is 11.3. The maximum Gasteiger partial charge on any atom is 0.255 e. The number of fused-ring (bicyclic) bond motifs is 1. The number of anilines is 1. The molecule has 2 aliphatic rings. The van der Waals surface area contributed by atoms with Gasteiger partial charge in [0.25, 0.3) is 11.8 Å². The van der Waals surface area contributed by atoms with E-state index >= 15 is 0 Å². The number of aliphatic hydroxyl groups is 2. The van der Waals surface area contributed by atoms with Gasteiger partial charge in [-0.15, -0.1) is 0 Å². The summed E-state index contributed by atoms with van der Waals surface area (Å²) >= 11 is 0. The highest BCUT2D eigenvalue weighted by atomic mass is 19.1. The van der Waals surface area contributed by atoms with Crippen LogP contribution in [0.4, 0.5) is 10.1 Å². The molecule has 10 nitrogen and oxygen atoms in total. The summed E-state index contributed by atoms with van der Waals surface area (Å²) in [5, 5.41) is 26.9. The summed E-state index contributed by atoms with van der Waals surface area (Å²) in [4.78, 5) is 39.2. The van der Waals surface area contributed by atoms with Crippen LogP contribution in [0.25, 0.3) is 0 Å². The predicted octanol–water partition coefficient (Wildman–Crippen LogP) is 0.914. The third kappa shape index (κ3) is 5.49. The molecule has 0 aromatic heterocycles. The molecule has 2 aliphatic heterocycles. The van der Waals surface area contributed by atoms with E-state index in [0.29, 0.717) is 48.7 Å². The number of hydrogen-bond acceptors (Lipinski definition) is 8. The summed E-state index contributed by atoms with van der Waals surface area (Å²) in [6.07, 6.45) is 1.08. The highest BCUT2D eigenvalue weighted by molar-refractivity contribution is 6.02.